The van der Waals surface area contributed by atoms with Crippen LogP contribution < -0.4 is 15.5 Å². The number of nitrogens with zero attached hydrogens (tertiary/aromatic N) is 1. The summed E-state index contributed by atoms with van der Waals surface area (Å²) in [5.41, 5.74) is 3.46. The predicted molar refractivity (Wildman–Crippen MR) is 135 cm³/mol. The average Bonchev–Trinajstić information content (AvgIpc) is 3.07. The van der Waals surface area contributed by atoms with Gasteiger partial charge in [0.2, 0.25) is 0 Å². The maximum absolute atomic E-state index is 14.2. The molecule has 0 radical (unpaired) electrons. The van der Waals surface area contributed by atoms with Crippen molar-refractivity contribution in [2.45, 2.75) is 26.7 Å². The third-order valence-electron chi connectivity index (χ3n) is 5.77. The lowest BCUT2D eigenvalue weighted by Crippen LogP contribution is -2.33. The molecule has 0 bridgehead atoms. The summed E-state index contributed by atoms with van der Waals surface area (Å²) in [6, 6.07) is 17.8. The number of anilines is 3. The van der Waals surface area contributed by atoms with Gasteiger partial charge in [0.1, 0.15) is 16.5 Å². The second-order valence-electron chi connectivity index (χ2n) is 7.90. The lowest BCUT2D eigenvalue weighted by atomic mass is 10.0. The Morgan fingerprint density at radius 1 is 0.886 bits per heavy atom. The summed E-state index contributed by atoms with van der Waals surface area (Å²) in [6.45, 7) is 4.07. The van der Waals surface area contributed by atoms with E-state index >= 15 is 0 Å². The molecule has 178 valence electrons. The van der Waals surface area contributed by atoms with Crippen LogP contribution in [0.4, 0.5) is 21.5 Å². The molecule has 4 rings (SSSR count). The summed E-state index contributed by atoms with van der Waals surface area (Å²) in [4.78, 5) is 39.0. The molecule has 0 aromatic heterocycles. The van der Waals surface area contributed by atoms with Crippen LogP contribution in [-0.2, 0) is 22.4 Å². The van der Waals surface area contributed by atoms with E-state index in [-0.39, 0.29) is 22.3 Å². The van der Waals surface area contributed by atoms with Crippen LogP contribution >= 0.6 is 11.6 Å². The third-order valence-corrected chi connectivity index (χ3v) is 6.13. The maximum atomic E-state index is 14.2. The average molecular weight is 492 g/mol. The standard InChI is InChI=1S/C27H23ClFN3O3/c1-3-16-8-7-9-17(4-2)23(16)31-25(33)18-12-14-19(15-13-18)30-24-22(28)26(34)32(27(24)35)21-11-6-5-10-20(21)29/h5-15,30H,3-4H2,1-2H3,(H,31,33). The molecular weight excluding hydrogens is 469 g/mol. The molecule has 3 amide bonds. The molecule has 1 heterocycles. The minimum Gasteiger partial charge on any atom is -0.350 e. The van der Waals surface area contributed by atoms with Crippen LogP contribution in [0.1, 0.15) is 35.3 Å². The summed E-state index contributed by atoms with van der Waals surface area (Å²) < 4.78 is 14.2. The lowest BCUT2D eigenvalue weighted by molar-refractivity contribution is -0.120. The van der Waals surface area contributed by atoms with E-state index < -0.39 is 17.6 Å². The summed E-state index contributed by atoms with van der Waals surface area (Å²) >= 11 is 6.12. The molecule has 8 heteroatoms. The number of hydrogen-bond donors (Lipinski definition) is 2. The van der Waals surface area contributed by atoms with Gasteiger partial charge in [-0.25, -0.2) is 9.29 Å². The smallest absolute Gasteiger partial charge is 0.283 e. The first-order valence-electron chi connectivity index (χ1n) is 11.2. The summed E-state index contributed by atoms with van der Waals surface area (Å²) in [5.74, 6) is -2.56. The van der Waals surface area contributed by atoms with Crippen molar-refractivity contribution in [1.29, 1.82) is 0 Å². The number of para-hydroxylation sites is 2. The van der Waals surface area contributed by atoms with Gasteiger partial charge in [-0.1, -0.05) is 55.8 Å². The summed E-state index contributed by atoms with van der Waals surface area (Å²) in [5, 5.41) is 5.49. The van der Waals surface area contributed by atoms with Crippen LogP contribution in [0.5, 0.6) is 0 Å². The Hall–Kier alpha value is -3.97. The number of carbonyl (C=O) groups excluding carboxylic acids is 3. The van der Waals surface area contributed by atoms with Gasteiger partial charge in [0.05, 0.1) is 5.69 Å². The molecule has 2 N–H and O–H groups in total. The van der Waals surface area contributed by atoms with E-state index in [1.165, 1.54) is 18.2 Å². The van der Waals surface area contributed by atoms with Crippen LogP contribution in [0.2, 0.25) is 0 Å². The SMILES string of the molecule is CCc1cccc(CC)c1NC(=O)c1ccc(NC2=C(Cl)C(=O)N(c3ccccc3F)C2=O)cc1. The van der Waals surface area contributed by atoms with Crippen molar-refractivity contribution in [3.63, 3.8) is 0 Å². The Labute approximate surface area is 207 Å². The van der Waals surface area contributed by atoms with Crippen LogP contribution in [0, 0.1) is 5.82 Å². The fourth-order valence-corrected chi connectivity index (χ4v) is 4.11. The maximum Gasteiger partial charge on any atom is 0.283 e. The van der Waals surface area contributed by atoms with Crippen molar-refractivity contribution in [1.82, 2.24) is 0 Å². The minimum absolute atomic E-state index is 0.165. The van der Waals surface area contributed by atoms with Crippen LogP contribution in [-0.4, -0.2) is 17.7 Å². The minimum atomic E-state index is -0.818. The van der Waals surface area contributed by atoms with Crippen molar-refractivity contribution in [2.24, 2.45) is 0 Å². The van der Waals surface area contributed by atoms with Gasteiger partial charge in [0, 0.05) is 16.9 Å². The van der Waals surface area contributed by atoms with E-state index in [2.05, 4.69) is 10.6 Å². The molecule has 0 atom stereocenters. The molecular formula is C27H23ClFN3O3. The number of benzene rings is 3. The highest BCUT2D eigenvalue weighted by Gasteiger charge is 2.40. The Morgan fingerprint density at radius 3 is 2.11 bits per heavy atom. The lowest BCUT2D eigenvalue weighted by Gasteiger charge is -2.16. The Bertz CT molecular complexity index is 1330. The fraction of sp³-hybridized carbons (Fsp3) is 0.148. The molecule has 1 aliphatic rings. The zero-order valence-electron chi connectivity index (χ0n) is 19.2. The quantitative estimate of drug-likeness (QED) is 0.419. The number of nitrogens with one attached hydrogen (secondary N) is 2. The van der Waals surface area contributed by atoms with Crippen molar-refractivity contribution < 1.29 is 18.8 Å². The third kappa shape index (κ3) is 4.68. The van der Waals surface area contributed by atoms with Gasteiger partial charge >= 0.3 is 0 Å². The second kappa shape index (κ2) is 10.1. The van der Waals surface area contributed by atoms with E-state index in [0.717, 1.165) is 35.7 Å². The van der Waals surface area contributed by atoms with E-state index in [0.29, 0.717) is 16.2 Å². The van der Waals surface area contributed by atoms with E-state index in [1.54, 1.807) is 24.3 Å². The Morgan fingerprint density at radius 2 is 1.51 bits per heavy atom. The van der Waals surface area contributed by atoms with E-state index in [9.17, 15) is 18.8 Å². The highest BCUT2D eigenvalue weighted by molar-refractivity contribution is 6.53. The Balaban J connectivity index is 1.51. The molecule has 0 saturated heterocycles. The topological polar surface area (TPSA) is 78.5 Å². The monoisotopic (exact) mass is 491 g/mol. The van der Waals surface area contributed by atoms with Gasteiger partial charge in [-0.3, -0.25) is 14.4 Å². The number of halogens is 2. The normalized spacial score (nSPS) is 13.4. The number of hydrogen-bond acceptors (Lipinski definition) is 4. The van der Waals surface area contributed by atoms with Crippen molar-refractivity contribution >= 4 is 46.4 Å². The molecule has 6 nitrogen and oxygen atoms in total. The number of rotatable bonds is 7. The summed E-state index contributed by atoms with van der Waals surface area (Å²) in [6.07, 6.45) is 1.58. The number of aryl methyl sites for hydroxylation is 2. The Kier molecular flexibility index (Phi) is 6.98. The van der Waals surface area contributed by atoms with Gasteiger partial charge in [-0.15, -0.1) is 0 Å². The molecule has 35 heavy (non-hydrogen) atoms. The van der Waals surface area contributed by atoms with Gasteiger partial charge in [-0.2, -0.15) is 0 Å². The van der Waals surface area contributed by atoms with Crippen molar-refractivity contribution in [2.75, 3.05) is 15.5 Å². The molecule has 0 spiro atoms. The van der Waals surface area contributed by atoms with E-state index in [4.69, 9.17) is 11.6 Å². The summed E-state index contributed by atoms with van der Waals surface area (Å²) in [7, 11) is 0. The first-order valence-corrected chi connectivity index (χ1v) is 11.6. The highest BCUT2D eigenvalue weighted by atomic mass is 35.5. The van der Waals surface area contributed by atoms with E-state index in [1.807, 2.05) is 32.0 Å². The zero-order valence-corrected chi connectivity index (χ0v) is 19.9. The highest BCUT2D eigenvalue weighted by Crippen LogP contribution is 2.31. The van der Waals surface area contributed by atoms with Gasteiger partial charge in [0.25, 0.3) is 17.7 Å². The van der Waals surface area contributed by atoms with Gasteiger partial charge in [0.15, 0.2) is 0 Å². The van der Waals surface area contributed by atoms with Crippen LogP contribution in [0.25, 0.3) is 0 Å². The van der Waals surface area contributed by atoms with Crippen molar-refractivity contribution in [3.8, 4) is 0 Å². The fourth-order valence-electron chi connectivity index (χ4n) is 3.90. The molecule has 0 unspecified atom stereocenters. The number of imide groups is 1. The van der Waals surface area contributed by atoms with Crippen LogP contribution in [0.3, 0.4) is 0 Å². The zero-order chi connectivity index (χ0) is 25.1. The molecule has 1 aliphatic heterocycles. The largest absolute Gasteiger partial charge is 0.350 e. The molecule has 3 aromatic carbocycles. The first kappa shape index (κ1) is 24.2. The molecule has 0 aliphatic carbocycles. The van der Waals surface area contributed by atoms with Crippen LogP contribution in [0.15, 0.2) is 77.5 Å². The number of amides is 3. The predicted octanol–water partition coefficient (Wildman–Crippen LogP) is 5.64. The molecule has 0 saturated carbocycles. The molecule has 3 aromatic rings. The molecule has 0 fully saturated rings. The second-order valence-corrected chi connectivity index (χ2v) is 8.28. The van der Waals surface area contributed by atoms with Crippen molar-refractivity contribution in [3.05, 3.63) is 100.0 Å². The van der Waals surface area contributed by atoms with Gasteiger partial charge in [-0.05, 0) is 60.4 Å². The number of carbonyl (C=O) groups is 3. The first-order chi connectivity index (χ1) is 16.8. The van der Waals surface area contributed by atoms with Gasteiger partial charge < -0.3 is 10.6 Å².